The van der Waals surface area contributed by atoms with Crippen LogP contribution in [-0.4, -0.2) is 46.7 Å². The standard InChI is InChI=1S/C15H16FN3O4/c1-7-8(2)18-13-10(4-9(16)5-11(13)17-7)14(20)19-12(6-23-3)15(21)22/h4-5,12H,6H2,1-3H3,(H,19,20)(H,21,22). The number of halogens is 1. The molecular formula is C15H16FN3O4. The van der Waals surface area contributed by atoms with Crippen LogP contribution in [0.5, 0.6) is 0 Å². The van der Waals surface area contributed by atoms with Gasteiger partial charge < -0.3 is 15.2 Å². The first-order valence-electron chi connectivity index (χ1n) is 6.80. The zero-order valence-electron chi connectivity index (χ0n) is 12.9. The van der Waals surface area contributed by atoms with Gasteiger partial charge in [0, 0.05) is 13.2 Å². The average Bonchev–Trinajstić information content (AvgIpc) is 2.47. The van der Waals surface area contributed by atoms with Crippen LogP contribution >= 0.6 is 0 Å². The van der Waals surface area contributed by atoms with Crippen LogP contribution in [0.2, 0.25) is 0 Å². The average molecular weight is 321 g/mol. The van der Waals surface area contributed by atoms with Crippen LogP contribution in [0.1, 0.15) is 21.7 Å². The fourth-order valence-corrected chi connectivity index (χ4v) is 2.05. The molecule has 0 bridgehead atoms. The largest absolute Gasteiger partial charge is 0.480 e. The summed E-state index contributed by atoms with van der Waals surface area (Å²) in [6.45, 7) is 3.24. The monoisotopic (exact) mass is 321 g/mol. The van der Waals surface area contributed by atoms with Crippen LogP contribution in [0.15, 0.2) is 12.1 Å². The Kier molecular flexibility index (Phi) is 4.85. The van der Waals surface area contributed by atoms with Crippen LogP contribution in [0.3, 0.4) is 0 Å². The van der Waals surface area contributed by atoms with Gasteiger partial charge in [0.05, 0.1) is 29.1 Å². The van der Waals surface area contributed by atoms with Crippen LogP contribution in [0, 0.1) is 19.7 Å². The molecule has 23 heavy (non-hydrogen) atoms. The lowest BCUT2D eigenvalue weighted by Gasteiger charge is -2.14. The molecule has 0 aliphatic heterocycles. The van der Waals surface area contributed by atoms with Gasteiger partial charge in [-0.2, -0.15) is 0 Å². The maximum atomic E-state index is 13.7. The fourth-order valence-electron chi connectivity index (χ4n) is 2.05. The molecule has 1 atom stereocenters. The van der Waals surface area contributed by atoms with Crippen LogP contribution < -0.4 is 5.32 Å². The Balaban J connectivity index is 2.47. The van der Waals surface area contributed by atoms with Crippen LogP contribution in [-0.2, 0) is 9.53 Å². The van der Waals surface area contributed by atoms with E-state index in [1.165, 1.54) is 13.2 Å². The van der Waals surface area contributed by atoms with E-state index < -0.39 is 23.7 Å². The van der Waals surface area contributed by atoms with E-state index in [1.807, 2.05) is 0 Å². The number of ether oxygens (including phenoxy) is 1. The molecule has 0 fully saturated rings. The Morgan fingerprint density at radius 2 is 1.96 bits per heavy atom. The van der Waals surface area contributed by atoms with Crippen molar-refractivity contribution in [1.29, 1.82) is 0 Å². The highest BCUT2D eigenvalue weighted by Gasteiger charge is 2.23. The number of hydrogen-bond acceptors (Lipinski definition) is 5. The molecule has 2 N–H and O–H groups in total. The maximum Gasteiger partial charge on any atom is 0.328 e. The molecular weight excluding hydrogens is 305 g/mol. The van der Waals surface area contributed by atoms with Gasteiger partial charge in [-0.1, -0.05) is 0 Å². The van der Waals surface area contributed by atoms with Gasteiger partial charge in [-0.15, -0.1) is 0 Å². The Labute approximate surface area is 131 Å². The number of nitrogens with one attached hydrogen (secondary N) is 1. The van der Waals surface area contributed by atoms with E-state index in [9.17, 15) is 14.0 Å². The summed E-state index contributed by atoms with van der Waals surface area (Å²) in [6, 6.07) is 0.938. The van der Waals surface area contributed by atoms with Gasteiger partial charge in [0.25, 0.3) is 5.91 Å². The Morgan fingerprint density at radius 1 is 1.30 bits per heavy atom. The van der Waals surface area contributed by atoms with E-state index in [0.29, 0.717) is 11.4 Å². The lowest BCUT2D eigenvalue weighted by molar-refractivity contribution is -0.140. The summed E-state index contributed by atoms with van der Waals surface area (Å²) in [7, 11) is 1.32. The van der Waals surface area contributed by atoms with E-state index in [-0.39, 0.29) is 23.2 Å². The second-order valence-electron chi connectivity index (χ2n) is 5.04. The fraction of sp³-hybridized carbons (Fsp3) is 0.333. The maximum absolute atomic E-state index is 13.7. The zero-order chi connectivity index (χ0) is 17.1. The minimum absolute atomic E-state index is 0.0713. The molecule has 0 spiro atoms. The molecule has 1 unspecified atom stereocenters. The molecule has 1 amide bonds. The molecule has 2 rings (SSSR count). The lowest BCUT2D eigenvalue weighted by Crippen LogP contribution is -2.43. The number of hydrogen-bond donors (Lipinski definition) is 2. The summed E-state index contributed by atoms with van der Waals surface area (Å²) < 4.78 is 18.5. The quantitative estimate of drug-likeness (QED) is 0.858. The Bertz CT molecular complexity index is 779. The van der Waals surface area contributed by atoms with E-state index in [2.05, 4.69) is 15.3 Å². The van der Waals surface area contributed by atoms with Gasteiger partial charge in [0.15, 0.2) is 6.04 Å². The van der Waals surface area contributed by atoms with Crippen molar-refractivity contribution in [1.82, 2.24) is 15.3 Å². The van der Waals surface area contributed by atoms with Crippen molar-refractivity contribution < 1.29 is 23.8 Å². The number of aromatic nitrogens is 2. The number of methoxy groups -OCH3 is 1. The Morgan fingerprint density at radius 3 is 2.57 bits per heavy atom. The lowest BCUT2D eigenvalue weighted by atomic mass is 10.1. The number of fused-ring (bicyclic) bond motifs is 1. The molecule has 0 saturated heterocycles. The third-order valence-electron chi connectivity index (χ3n) is 3.33. The summed E-state index contributed by atoms with van der Waals surface area (Å²) in [5, 5.41) is 11.3. The number of carboxylic acid groups (broad SMARTS) is 1. The molecule has 0 saturated carbocycles. The number of benzene rings is 1. The predicted molar refractivity (Wildman–Crippen MR) is 79.7 cm³/mol. The van der Waals surface area contributed by atoms with Gasteiger partial charge in [-0.05, 0) is 19.9 Å². The van der Waals surface area contributed by atoms with E-state index >= 15 is 0 Å². The molecule has 1 aromatic carbocycles. The second kappa shape index (κ2) is 6.66. The van der Waals surface area contributed by atoms with Gasteiger partial charge in [0.2, 0.25) is 0 Å². The van der Waals surface area contributed by atoms with Crippen LogP contribution in [0.4, 0.5) is 4.39 Å². The number of amides is 1. The molecule has 1 heterocycles. The summed E-state index contributed by atoms with van der Waals surface area (Å²) in [4.78, 5) is 31.9. The number of carbonyl (C=O) groups is 2. The highest BCUT2D eigenvalue weighted by atomic mass is 19.1. The van der Waals surface area contributed by atoms with Gasteiger partial charge in [0.1, 0.15) is 11.3 Å². The molecule has 2 aromatic rings. The second-order valence-corrected chi connectivity index (χ2v) is 5.04. The number of rotatable bonds is 5. The summed E-state index contributed by atoms with van der Waals surface area (Å²) in [6.07, 6.45) is 0. The normalized spacial score (nSPS) is 12.2. The first kappa shape index (κ1) is 16.8. The first-order chi connectivity index (χ1) is 10.8. The third-order valence-corrected chi connectivity index (χ3v) is 3.33. The van der Waals surface area contributed by atoms with Crippen molar-refractivity contribution in [2.24, 2.45) is 0 Å². The summed E-state index contributed by atoms with van der Waals surface area (Å²) in [5.41, 5.74) is 1.60. The number of aliphatic carboxylic acids is 1. The highest BCUT2D eigenvalue weighted by Crippen LogP contribution is 2.19. The van der Waals surface area contributed by atoms with Crippen molar-refractivity contribution in [3.63, 3.8) is 0 Å². The summed E-state index contributed by atoms with van der Waals surface area (Å²) >= 11 is 0. The SMILES string of the molecule is COCC(NC(=O)c1cc(F)cc2nc(C)c(C)nc12)C(=O)O. The molecule has 0 radical (unpaired) electrons. The molecule has 1 aromatic heterocycles. The molecule has 0 aliphatic carbocycles. The number of nitrogens with zero attached hydrogens (tertiary/aromatic N) is 2. The predicted octanol–water partition coefficient (Wildman–Crippen LogP) is 1.22. The topological polar surface area (TPSA) is 101 Å². The van der Waals surface area contributed by atoms with Gasteiger partial charge >= 0.3 is 5.97 Å². The van der Waals surface area contributed by atoms with Crippen molar-refractivity contribution in [2.45, 2.75) is 19.9 Å². The number of aryl methyl sites for hydroxylation is 2. The molecule has 7 nitrogen and oxygen atoms in total. The van der Waals surface area contributed by atoms with Crippen molar-refractivity contribution >= 4 is 22.9 Å². The number of carboxylic acids is 1. The van der Waals surface area contributed by atoms with Gasteiger partial charge in [-0.3, -0.25) is 4.79 Å². The molecule has 122 valence electrons. The molecule has 8 heteroatoms. The van der Waals surface area contributed by atoms with E-state index in [4.69, 9.17) is 9.84 Å². The zero-order valence-corrected chi connectivity index (χ0v) is 12.9. The minimum atomic E-state index is -1.25. The minimum Gasteiger partial charge on any atom is -0.480 e. The van der Waals surface area contributed by atoms with Crippen molar-refractivity contribution in [3.05, 3.63) is 34.9 Å². The first-order valence-corrected chi connectivity index (χ1v) is 6.80. The van der Waals surface area contributed by atoms with Crippen molar-refractivity contribution in [2.75, 3.05) is 13.7 Å². The van der Waals surface area contributed by atoms with Crippen LogP contribution in [0.25, 0.3) is 11.0 Å². The van der Waals surface area contributed by atoms with E-state index in [1.54, 1.807) is 13.8 Å². The third kappa shape index (κ3) is 3.59. The van der Waals surface area contributed by atoms with E-state index in [0.717, 1.165) is 6.07 Å². The van der Waals surface area contributed by atoms with Crippen molar-refractivity contribution in [3.8, 4) is 0 Å². The Hall–Kier alpha value is -2.61. The smallest absolute Gasteiger partial charge is 0.328 e. The summed E-state index contributed by atoms with van der Waals surface area (Å²) in [5.74, 6) is -2.66. The molecule has 0 aliphatic rings. The number of carbonyl (C=O) groups excluding carboxylic acids is 1. The highest BCUT2D eigenvalue weighted by molar-refractivity contribution is 6.05. The van der Waals surface area contributed by atoms with Gasteiger partial charge in [-0.25, -0.2) is 19.2 Å².